The molecule has 0 aliphatic heterocycles. The van der Waals surface area contributed by atoms with Gasteiger partial charge in [-0.25, -0.2) is 0 Å². The molecule has 0 radical (unpaired) electrons. The minimum absolute atomic E-state index is 0.0736. The van der Waals surface area contributed by atoms with E-state index in [4.69, 9.17) is 4.74 Å². The van der Waals surface area contributed by atoms with Crippen molar-refractivity contribution >= 4 is 11.9 Å². The van der Waals surface area contributed by atoms with Gasteiger partial charge in [0.1, 0.15) is 6.10 Å². The molecule has 1 aromatic rings. The number of aryl methyl sites for hydroxylation is 3. The summed E-state index contributed by atoms with van der Waals surface area (Å²) >= 11 is 0. The van der Waals surface area contributed by atoms with Crippen LogP contribution in [0, 0.1) is 13.8 Å². The smallest absolute Gasteiger partial charge is 0.306 e. The molecule has 0 spiro atoms. The maximum absolute atomic E-state index is 11.8. The summed E-state index contributed by atoms with van der Waals surface area (Å²) < 4.78 is 7.51. The monoisotopic (exact) mass is 377 g/mol. The quantitative estimate of drug-likeness (QED) is 0.284. The zero-order chi connectivity index (χ0) is 19.5. The molecule has 0 unspecified atom stereocenters. The van der Waals surface area contributed by atoms with Crippen molar-refractivity contribution < 1.29 is 9.53 Å². The number of esters is 1. The predicted molar refractivity (Wildman–Crippen MR) is 108 cm³/mol. The van der Waals surface area contributed by atoms with Crippen LogP contribution in [-0.4, -0.2) is 47.4 Å². The van der Waals surface area contributed by atoms with Crippen molar-refractivity contribution in [3.63, 3.8) is 0 Å². The Kier molecular flexibility index (Phi) is 9.15. The Labute approximate surface area is 163 Å². The zero-order valence-corrected chi connectivity index (χ0v) is 17.1. The molecular weight excluding hydrogens is 342 g/mol. The summed E-state index contributed by atoms with van der Waals surface area (Å²) in [5.74, 6) is 0.727. The Hall–Kier alpha value is -2.05. The van der Waals surface area contributed by atoms with E-state index in [0.29, 0.717) is 13.0 Å². The average Bonchev–Trinajstić information content (AvgIpc) is 3.24. The van der Waals surface area contributed by atoms with Crippen molar-refractivity contribution in [2.24, 2.45) is 4.99 Å². The zero-order valence-electron chi connectivity index (χ0n) is 17.1. The second kappa shape index (κ2) is 11.6. The van der Waals surface area contributed by atoms with Gasteiger partial charge in [0.15, 0.2) is 5.96 Å². The summed E-state index contributed by atoms with van der Waals surface area (Å²) in [6.07, 6.45) is 6.72. The maximum atomic E-state index is 11.8. The highest BCUT2D eigenvalue weighted by Gasteiger charge is 2.18. The van der Waals surface area contributed by atoms with Gasteiger partial charge in [0, 0.05) is 38.3 Å². The number of hydrogen-bond acceptors (Lipinski definition) is 4. The fourth-order valence-electron chi connectivity index (χ4n) is 3.34. The lowest BCUT2D eigenvalue weighted by Gasteiger charge is -2.13. The van der Waals surface area contributed by atoms with Crippen LogP contribution in [0.3, 0.4) is 0 Å². The van der Waals surface area contributed by atoms with Gasteiger partial charge in [0.2, 0.25) is 0 Å². The van der Waals surface area contributed by atoms with Crippen molar-refractivity contribution in [3.05, 3.63) is 17.5 Å². The van der Waals surface area contributed by atoms with Gasteiger partial charge in [-0.2, -0.15) is 5.10 Å². The van der Waals surface area contributed by atoms with Crippen LogP contribution in [0.4, 0.5) is 0 Å². The normalized spacial score (nSPS) is 15.1. The molecule has 1 aromatic heterocycles. The van der Waals surface area contributed by atoms with Crippen LogP contribution >= 0.6 is 0 Å². The van der Waals surface area contributed by atoms with Gasteiger partial charge in [-0.15, -0.1) is 0 Å². The number of hydrogen-bond donors (Lipinski definition) is 2. The molecule has 1 saturated carbocycles. The van der Waals surface area contributed by atoms with Gasteiger partial charge < -0.3 is 15.4 Å². The average molecular weight is 378 g/mol. The van der Waals surface area contributed by atoms with E-state index in [1.165, 1.54) is 18.5 Å². The second-order valence-corrected chi connectivity index (χ2v) is 7.19. The standard InChI is InChI=1S/C20H35N5O2/c1-4-21-20(23-13-8-14-25-17(3)15-16(2)24-25)22-12-7-11-19(26)27-18-9-5-6-10-18/h15,18H,4-14H2,1-3H3,(H2,21,22,23). The number of nitrogens with zero attached hydrogens (tertiary/aromatic N) is 3. The third-order valence-corrected chi connectivity index (χ3v) is 4.70. The van der Waals surface area contributed by atoms with Crippen molar-refractivity contribution in [1.29, 1.82) is 0 Å². The lowest BCUT2D eigenvalue weighted by atomic mass is 10.3. The number of aromatic nitrogens is 2. The molecule has 2 rings (SSSR count). The Morgan fingerprint density at radius 3 is 2.74 bits per heavy atom. The van der Waals surface area contributed by atoms with Gasteiger partial charge >= 0.3 is 5.97 Å². The van der Waals surface area contributed by atoms with E-state index in [9.17, 15) is 4.79 Å². The van der Waals surface area contributed by atoms with E-state index >= 15 is 0 Å². The van der Waals surface area contributed by atoms with Gasteiger partial charge in [0.25, 0.3) is 0 Å². The van der Waals surface area contributed by atoms with Crippen molar-refractivity contribution in [3.8, 4) is 0 Å². The van der Waals surface area contributed by atoms with Gasteiger partial charge in [-0.05, 0) is 65.4 Å². The lowest BCUT2D eigenvalue weighted by molar-refractivity contribution is -0.148. The number of guanidine groups is 1. The Morgan fingerprint density at radius 2 is 2.07 bits per heavy atom. The predicted octanol–water partition coefficient (Wildman–Crippen LogP) is 2.71. The van der Waals surface area contributed by atoms with E-state index in [0.717, 1.165) is 57.0 Å². The molecule has 7 nitrogen and oxygen atoms in total. The first-order chi connectivity index (χ1) is 13.1. The summed E-state index contributed by atoms with van der Waals surface area (Å²) in [5, 5.41) is 11.0. The number of aliphatic imine (C=N–C) groups is 1. The molecule has 0 aromatic carbocycles. The molecular formula is C20H35N5O2. The van der Waals surface area contributed by atoms with Gasteiger partial charge in [0.05, 0.1) is 5.69 Å². The number of nitrogens with one attached hydrogen (secondary N) is 2. The lowest BCUT2D eigenvalue weighted by Crippen LogP contribution is -2.38. The van der Waals surface area contributed by atoms with Gasteiger partial charge in [-0.1, -0.05) is 0 Å². The highest BCUT2D eigenvalue weighted by atomic mass is 16.5. The van der Waals surface area contributed by atoms with Crippen LogP contribution in [0.1, 0.15) is 63.3 Å². The minimum Gasteiger partial charge on any atom is -0.462 e. The molecule has 1 aliphatic rings. The molecule has 152 valence electrons. The summed E-state index contributed by atoms with van der Waals surface area (Å²) in [6, 6.07) is 2.09. The Morgan fingerprint density at radius 1 is 1.30 bits per heavy atom. The number of carbonyl (C=O) groups is 1. The fourth-order valence-corrected chi connectivity index (χ4v) is 3.34. The van der Waals surface area contributed by atoms with E-state index in [-0.39, 0.29) is 12.1 Å². The highest BCUT2D eigenvalue weighted by Crippen LogP contribution is 2.21. The first-order valence-electron chi connectivity index (χ1n) is 10.3. The minimum atomic E-state index is -0.0736. The molecule has 0 atom stereocenters. The van der Waals surface area contributed by atoms with E-state index < -0.39 is 0 Å². The second-order valence-electron chi connectivity index (χ2n) is 7.19. The van der Waals surface area contributed by atoms with E-state index in [1.54, 1.807) is 0 Å². The van der Waals surface area contributed by atoms with E-state index in [1.807, 2.05) is 18.5 Å². The molecule has 7 heteroatoms. The SMILES string of the molecule is CCNC(=NCCCn1nc(C)cc1C)NCCCC(=O)OC1CCCC1. The van der Waals surface area contributed by atoms with Crippen LogP contribution in [0.2, 0.25) is 0 Å². The molecule has 0 amide bonds. The number of rotatable bonds is 10. The fraction of sp³-hybridized carbons (Fsp3) is 0.750. The third kappa shape index (κ3) is 8.01. The maximum Gasteiger partial charge on any atom is 0.306 e. The largest absolute Gasteiger partial charge is 0.462 e. The van der Waals surface area contributed by atoms with Crippen molar-refractivity contribution in [1.82, 2.24) is 20.4 Å². The molecule has 2 N–H and O–H groups in total. The van der Waals surface area contributed by atoms with Crippen molar-refractivity contribution in [2.75, 3.05) is 19.6 Å². The first kappa shape index (κ1) is 21.3. The Bertz CT molecular complexity index is 606. The summed E-state index contributed by atoms with van der Waals surface area (Å²) in [5.41, 5.74) is 2.24. The molecule has 1 heterocycles. The van der Waals surface area contributed by atoms with Crippen LogP contribution in [0.15, 0.2) is 11.1 Å². The first-order valence-corrected chi connectivity index (χ1v) is 10.3. The topological polar surface area (TPSA) is 80.5 Å². The molecule has 27 heavy (non-hydrogen) atoms. The summed E-state index contributed by atoms with van der Waals surface area (Å²) in [7, 11) is 0. The molecule has 0 bridgehead atoms. The van der Waals surface area contributed by atoms with Crippen LogP contribution in [0.25, 0.3) is 0 Å². The molecule has 1 fully saturated rings. The molecule has 1 aliphatic carbocycles. The summed E-state index contributed by atoms with van der Waals surface area (Å²) in [6.45, 7) is 9.26. The number of carbonyl (C=O) groups excluding carboxylic acids is 1. The molecule has 0 saturated heterocycles. The van der Waals surface area contributed by atoms with Crippen molar-refractivity contribution in [2.45, 2.75) is 78.4 Å². The van der Waals surface area contributed by atoms with Gasteiger partial charge in [-0.3, -0.25) is 14.5 Å². The van der Waals surface area contributed by atoms with Crippen LogP contribution in [0.5, 0.6) is 0 Å². The third-order valence-electron chi connectivity index (χ3n) is 4.70. The Balaban J connectivity index is 1.62. The van der Waals surface area contributed by atoms with E-state index in [2.05, 4.69) is 33.7 Å². The van der Waals surface area contributed by atoms with Crippen LogP contribution < -0.4 is 10.6 Å². The number of ether oxygens (including phenoxy) is 1. The van der Waals surface area contributed by atoms with Crippen LogP contribution in [-0.2, 0) is 16.1 Å². The summed E-state index contributed by atoms with van der Waals surface area (Å²) in [4.78, 5) is 16.4. The highest BCUT2D eigenvalue weighted by molar-refractivity contribution is 5.79.